The summed E-state index contributed by atoms with van der Waals surface area (Å²) >= 11 is 1.39. The van der Waals surface area contributed by atoms with Crippen molar-refractivity contribution in [2.24, 2.45) is 0 Å². The fourth-order valence-electron chi connectivity index (χ4n) is 3.05. The number of anilines is 2. The largest absolute Gasteiger partial charge is 0.338 e. The van der Waals surface area contributed by atoms with E-state index in [0.29, 0.717) is 16.5 Å². The summed E-state index contributed by atoms with van der Waals surface area (Å²) in [6.07, 6.45) is 3.32. The Morgan fingerprint density at radius 3 is 2.43 bits per heavy atom. The van der Waals surface area contributed by atoms with Crippen LogP contribution in [0.5, 0.6) is 0 Å². The SMILES string of the molecule is Cc1nc(-c2ccccc2)sc1C(=O)Nc1cnc(N2CCN(C)CC2)nc1. The first-order chi connectivity index (χ1) is 13.6. The third-order valence-electron chi connectivity index (χ3n) is 4.71. The highest BCUT2D eigenvalue weighted by molar-refractivity contribution is 7.17. The predicted molar refractivity (Wildman–Crippen MR) is 112 cm³/mol. The van der Waals surface area contributed by atoms with E-state index in [2.05, 4.69) is 37.1 Å². The van der Waals surface area contributed by atoms with Crippen LogP contribution in [0.4, 0.5) is 11.6 Å². The lowest BCUT2D eigenvalue weighted by Crippen LogP contribution is -2.45. The lowest BCUT2D eigenvalue weighted by Gasteiger charge is -2.32. The number of aryl methyl sites for hydroxylation is 1. The number of nitrogens with zero attached hydrogens (tertiary/aromatic N) is 5. The molecule has 1 aliphatic heterocycles. The minimum absolute atomic E-state index is 0.187. The van der Waals surface area contributed by atoms with Crippen molar-refractivity contribution in [3.63, 3.8) is 0 Å². The average molecular weight is 395 g/mol. The molecule has 144 valence electrons. The van der Waals surface area contributed by atoms with Crippen LogP contribution >= 0.6 is 11.3 Å². The van der Waals surface area contributed by atoms with Crippen molar-refractivity contribution in [2.45, 2.75) is 6.92 Å². The summed E-state index contributed by atoms with van der Waals surface area (Å²) in [5.41, 5.74) is 2.31. The molecule has 1 saturated heterocycles. The molecule has 3 aromatic rings. The second kappa shape index (κ2) is 8.04. The van der Waals surface area contributed by atoms with E-state index in [9.17, 15) is 4.79 Å². The molecule has 4 rings (SSSR count). The van der Waals surface area contributed by atoms with Crippen LogP contribution in [0.25, 0.3) is 10.6 Å². The maximum atomic E-state index is 12.7. The molecule has 28 heavy (non-hydrogen) atoms. The van der Waals surface area contributed by atoms with Gasteiger partial charge in [-0.05, 0) is 14.0 Å². The summed E-state index contributed by atoms with van der Waals surface area (Å²) in [5.74, 6) is 0.513. The number of amides is 1. The van der Waals surface area contributed by atoms with Crippen LogP contribution in [0.2, 0.25) is 0 Å². The van der Waals surface area contributed by atoms with Crippen molar-refractivity contribution in [1.82, 2.24) is 19.9 Å². The molecule has 0 atom stereocenters. The van der Waals surface area contributed by atoms with Crippen molar-refractivity contribution in [2.75, 3.05) is 43.4 Å². The van der Waals surface area contributed by atoms with E-state index in [1.54, 1.807) is 12.4 Å². The van der Waals surface area contributed by atoms with Gasteiger partial charge in [0, 0.05) is 31.7 Å². The Bertz CT molecular complexity index is 949. The van der Waals surface area contributed by atoms with Crippen molar-refractivity contribution < 1.29 is 4.79 Å². The first kappa shape index (κ1) is 18.5. The first-order valence-electron chi connectivity index (χ1n) is 9.20. The quantitative estimate of drug-likeness (QED) is 0.733. The Hall–Kier alpha value is -2.84. The van der Waals surface area contributed by atoms with Gasteiger partial charge in [-0.25, -0.2) is 15.0 Å². The van der Waals surface area contributed by atoms with Gasteiger partial charge >= 0.3 is 0 Å². The number of hydrogen-bond acceptors (Lipinski definition) is 7. The number of rotatable bonds is 4. The minimum atomic E-state index is -0.187. The molecule has 7 nitrogen and oxygen atoms in total. The third kappa shape index (κ3) is 4.02. The molecule has 3 heterocycles. The Kier molecular flexibility index (Phi) is 5.31. The van der Waals surface area contributed by atoms with Crippen molar-refractivity contribution in [3.05, 3.63) is 53.3 Å². The van der Waals surface area contributed by atoms with Crippen LogP contribution in [-0.2, 0) is 0 Å². The Labute approximate surface area is 168 Å². The number of likely N-dealkylation sites (N-methyl/N-ethyl adjacent to an activating group) is 1. The number of carbonyl (C=O) groups is 1. The molecule has 8 heteroatoms. The molecule has 1 N–H and O–H groups in total. The van der Waals surface area contributed by atoms with Crippen molar-refractivity contribution in [3.8, 4) is 10.6 Å². The van der Waals surface area contributed by atoms with Gasteiger partial charge in [-0.2, -0.15) is 0 Å². The van der Waals surface area contributed by atoms with Crippen LogP contribution in [0.3, 0.4) is 0 Å². The van der Waals surface area contributed by atoms with E-state index in [0.717, 1.165) is 42.4 Å². The highest BCUT2D eigenvalue weighted by atomic mass is 32.1. The maximum absolute atomic E-state index is 12.7. The van der Waals surface area contributed by atoms with E-state index < -0.39 is 0 Å². The van der Waals surface area contributed by atoms with E-state index in [1.807, 2.05) is 37.3 Å². The standard InChI is InChI=1S/C20H22N6OS/c1-14-17(28-19(23-14)15-6-4-3-5-7-15)18(27)24-16-12-21-20(22-13-16)26-10-8-25(2)9-11-26/h3-7,12-13H,8-11H2,1-2H3,(H,24,27). The summed E-state index contributed by atoms with van der Waals surface area (Å²) < 4.78 is 0. The maximum Gasteiger partial charge on any atom is 0.267 e. The van der Waals surface area contributed by atoms with Gasteiger partial charge in [-0.1, -0.05) is 30.3 Å². The van der Waals surface area contributed by atoms with Crippen LogP contribution in [-0.4, -0.2) is 59.0 Å². The van der Waals surface area contributed by atoms with Gasteiger partial charge in [0.1, 0.15) is 9.88 Å². The van der Waals surface area contributed by atoms with Gasteiger partial charge in [-0.3, -0.25) is 4.79 Å². The minimum Gasteiger partial charge on any atom is -0.338 e. The van der Waals surface area contributed by atoms with E-state index >= 15 is 0 Å². The molecule has 1 aromatic carbocycles. The topological polar surface area (TPSA) is 74.2 Å². The summed E-state index contributed by atoms with van der Waals surface area (Å²) in [6.45, 7) is 5.66. The van der Waals surface area contributed by atoms with Gasteiger partial charge in [0.25, 0.3) is 5.91 Å². The summed E-state index contributed by atoms with van der Waals surface area (Å²) in [6, 6.07) is 9.87. The highest BCUT2D eigenvalue weighted by Gasteiger charge is 2.18. The highest BCUT2D eigenvalue weighted by Crippen LogP contribution is 2.28. The number of piperazine rings is 1. The molecule has 1 amide bonds. The summed E-state index contributed by atoms with van der Waals surface area (Å²) in [5, 5.41) is 3.72. The average Bonchev–Trinajstić information content (AvgIpc) is 3.12. The normalized spacial score (nSPS) is 14.9. The molecule has 1 aliphatic rings. The molecule has 1 fully saturated rings. The van der Waals surface area contributed by atoms with Gasteiger partial charge < -0.3 is 15.1 Å². The van der Waals surface area contributed by atoms with Crippen LogP contribution in [0.15, 0.2) is 42.7 Å². The van der Waals surface area contributed by atoms with E-state index in [4.69, 9.17) is 0 Å². The van der Waals surface area contributed by atoms with Crippen molar-refractivity contribution >= 4 is 28.9 Å². The molecule has 2 aromatic heterocycles. The number of hydrogen-bond donors (Lipinski definition) is 1. The Morgan fingerprint density at radius 1 is 1.07 bits per heavy atom. The number of aromatic nitrogens is 3. The molecule has 0 saturated carbocycles. The fourth-order valence-corrected chi connectivity index (χ4v) is 4.02. The molecule has 0 aliphatic carbocycles. The lowest BCUT2D eigenvalue weighted by molar-refractivity contribution is 0.102. The third-order valence-corrected chi connectivity index (χ3v) is 5.91. The van der Waals surface area contributed by atoms with Crippen molar-refractivity contribution in [1.29, 1.82) is 0 Å². The lowest BCUT2D eigenvalue weighted by atomic mass is 10.2. The van der Waals surface area contributed by atoms with E-state index in [-0.39, 0.29) is 5.91 Å². The smallest absolute Gasteiger partial charge is 0.267 e. The zero-order valence-corrected chi connectivity index (χ0v) is 16.7. The van der Waals surface area contributed by atoms with Crippen LogP contribution < -0.4 is 10.2 Å². The molecule has 0 spiro atoms. The van der Waals surface area contributed by atoms with Gasteiger partial charge in [-0.15, -0.1) is 11.3 Å². The second-order valence-electron chi connectivity index (χ2n) is 6.82. The molecular formula is C20H22N6OS. The van der Waals surface area contributed by atoms with Gasteiger partial charge in [0.05, 0.1) is 23.8 Å². The Morgan fingerprint density at radius 2 is 1.75 bits per heavy atom. The molecular weight excluding hydrogens is 372 g/mol. The molecule has 0 bridgehead atoms. The number of benzene rings is 1. The number of carbonyl (C=O) groups excluding carboxylic acids is 1. The monoisotopic (exact) mass is 394 g/mol. The van der Waals surface area contributed by atoms with Crippen LogP contribution in [0.1, 0.15) is 15.4 Å². The number of nitrogens with one attached hydrogen (secondary N) is 1. The fraction of sp³-hybridized carbons (Fsp3) is 0.300. The summed E-state index contributed by atoms with van der Waals surface area (Å²) in [7, 11) is 2.11. The zero-order chi connectivity index (χ0) is 19.5. The first-order valence-corrected chi connectivity index (χ1v) is 10.0. The van der Waals surface area contributed by atoms with Gasteiger partial charge in [0.2, 0.25) is 5.95 Å². The predicted octanol–water partition coefficient (Wildman–Crippen LogP) is 2.91. The van der Waals surface area contributed by atoms with Crippen LogP contribution in [0, 0.1) is 6.92 Å². The molecule has 0 unspecified atom stereocenters. The van der Waals surface area contributed by atoms with Gasteiger partial charge in [0.15, 0.2) is 0 Å². The number of thiazole rings is 1. The summed E-state index contributed by atoms with van der Waals surface area (Å²) in [4.78, 5) is 31.1. The van der Waals surface area contributed by atoms with E-state index in [1.165, 1.54) is 11.3 Å². The molecule has 0 radical (unpaired) electrons. The zero-order valence-electron chi connectivity index (χ0n) is 15.9. The second-order valence-corrected chi connectivity index (χ2v) is 7.81. The Balaban J connectivity index is 1.44.